The zero-order chi connectivity index (χ0) is 19.3. The second-order valence-corrected chi connectivity index (χ2v) is 7.25. The van der Waals surface area contributed by atoms with Gasteiger partial charge in [-0.2, -0.15) is 0 Å². The average Bonchev–Trinajstić information content (AvgIpc) is 3.23. The van der Waals surface area contributed by atoms with Gasteiger partial charge in [0.25, 0.3) is 5.91 Å². The maximum Gasteiger partial charge on any atom is 0.251 e. The lowest BCUT2D eigenvalue weighted by Gasteiger charge is -2.31. The third kappa shape index (κ3) is 4.12. The van der Waals surface area contributed by atoms with E-state index in [1.165, 1.54) is 5.56 Å². The van der Waals surface area contributed by atoms with Gasteiger partial charge in [-0.1, -0.05) is 35.5 Å². The number of likely N-dealkylation sites (tertiary alicyclic amines) is 1. The van der Waals surface area contributed by atoms with Crippen LogP contribution in [0.2, 0.25) is 0 Å². The average molecular weight is 375 g/mol. The number of carbonyl (C=O) groups excluding carboxylic acids is 1. The summed E-state index contributed by atoms with van der Waals surface area (Å²) in [4.78, 5) is 14.3. The molecule has 144 valence electrons. The van der Waals surface area contributed by atoms with Crippen LogP contribution in [0.5, 0.6) is 0 Å². The Labute approximate surface area is 165 Å². The normalized spacial score (nSPS) is 15.5. The van der Waals surface area contributed by atoms with Crippen LogP contribution in [-0.2, 0) is 6.54 Å². The molecule has 28 heavy (non-hydrogen) atoms. The van der Waals surface area contributed by atoms with Gasteiger partial charge in [0.2, 0.25) is 0 Å². The van der Waals surface area contributed by atoms with Gasteiger partial charge in [0.1, 0.15) is 0 Å². The fraction of sp³-hybridized carbons (Fsp3) is 0.318. The molecule has 0 bridgehead atoms. The zero-order valence-corrected chi connectivity index (χ0v) is 16.1. The molecule has 6 heteroatoms. The molecular weight excluding hydrogens is 350 g/mol. The number of para-hydroxylation sites is 1. The smallest absolute Gasteiger partial charge is 0.251 e. The molecule has 1 aromatic heterocycles. The van der Waals surface area contributed by atoms with E-state index in [1.54, 1.807) is 7.05 Å². The number of amides is 1. The van der Waals surface area contributed by atoms with Gasteiger partial charge >= 0.3 is 0 Å². The van der Waals surface area contributed by atoms with Crippen LogP contribution in [0.3, 0.4) is 0 Å². The summed E-state index contributed by atoms with van der Waals surface area (Å²) in [7, 11) is 1.67. The maximum absolute atomic E-state index is 11.9. The summed E-state index contributed by atoms with van der Waals surface area (Å²) in [6, 6.07) is 18.1. The highest BCUT2D eigenvalue weighted by molar-refractivity contribution is 5.94. The van der Waals surface area contributed by atoms with E-state index >= 15 is 0 Å². The van der Waals surface area contributed by atoms with Gasteiger partial charge in [0.05, 0.1) is 17.6 Å². The molecule has 1 N–H and O–H groups in total. The number of aromatic nitrogens is 3. The Balaban J connectivity index is 1.35. The van der Waals surface area contributed by atoms with Crippen molar-refractivity contribution in [1.82, 2.24) is 25.2 Å². The lowest BCUT2D eigenvalue weighted by atomic mass is 9.88. The molecule has 2 aromatic carbocycles. The number of nitrogens with zero attached hydrogens (tertiary/aromatic N) is 4. The molecule has 0 atom stereocenters. The van der Waals surface area contributed by atoms with Crippen molar-refractivity contribution in [3.05, 3.63) is 77.6 Å². The van der Waals surface area contributed by atoms with Gasteiger partial charge in [-0.25, -0.2) is 4.68 Å². The summed E-state index contributed by atoms with van der Waals surface area (Å²) < 4.78 is 1.83. The van der Waals surface area contributed by atoms with Crippen LogP contribution in [0.25, 0.3) is 5.69 Å². The molecule has 0 aliphatic carbocycles. The zero-order valence-electron chi connectivity index (χ0n) is 16.1. The lowest BCUT2D eigenvalue weighted by Crippen LogP contribution is -2.32. The van der Waals surface area contributed by atoms with Gasteiger partial charge in [0, 0.05) is 19.2 Å². The molecule has 1 amide bonds. The van der Waals surface area contributed by atoms with Crippen molar-refractivity contribution in [3.63, 3.8) is 0 Å². The summed E-state index contributed by atoms with van der Waals surface area (Å²) in [5.41, 5.74) is 4.01. The molecule has 1 fully saturated rings. The number of carbonyl (C=O) groups is 1. The van der Waals surface area contributed by atoms with Crippen LogP contribution in [-0.4, -0.2) is 45.9 Å². The van der Waals surface area contributed by atoms with E-state index < -0.39 is 0 Å². The van der Waals surface area contributed by atoms with E-state index in [4.69, 9.17) is 0 Å². The van der Waals surface area contributed by atoms with E-state index in [1.807, 2.05) is 59.4 Å². The molecule has 0 spiro atoms. The third-order valence-corrected chi connectivity index (χ3v) is 5.38. The second-order valence-electron chi connectivity index (χ2n) is 7.25. The summed E-state index contributed by atoms with van der Waals surface area (Å²) in [5.74, 6) is 0.474. The van der Waals surface area contributed by atoms with Crippen molar-refractivity contribution < 1.29 is 4.79 Å². The molecule has 0 unspecified atom stereocenters. The Hall–Kier alpha value is -2.99. The lowest BCUT2D eigenvalue weighted by molar-refractivity contribution is 0.0963. The van der Waals surface area contributed by atoms with Crippen LogP contribution >= 0.6 is 0 Å². The highest BCUT2D eigenvalue weighted by Gasteiger charge is 2.22. The van der Waals surface area contributed by atoms with Crippen molar-refractivity contribution in [2.45, 2.75) is 25.3 Å². The minimum absolute atomic E-state index is 0.0270. The summed E-state index contributed by atoms with van der Waals surface area (Å²) in [5, 5.41) is 11.3. The van der Waals surface area contributed by atoms with E-state index in [2.05, 4.69) is 26.6 Å². The largest absolute Gasteiger partial charge is 0.355 e. The predicted molar refractivity (Wildman–Crippen MR) is 108 cm³/mol. The summed E-state index contributed by atoms with van der Waals surface area (Å²) in [6.45, 7) is 2.86. The number of hydrogen-bond acceptors (Lipinski definition) is 4. The fourth-order valence-corrected chi connectivity index (χ4v) is 3.81. The Kier molecular flexibility index (Phi) is 5.48. The van der Waals surface area contributed by atoms with Crippen LogP contribution in [0.4, 0.5) is 0 Å². The minimum atomic E-state index is -0.0270. The fourth-order valence-electron chi connectivity index (χ4n) is 3.81. The molecule has 3 aromatic rings. The first-order chi connectivity index (χ1) is 13.7. The summed E-state index contributed by atoms with van der Waals surface area (Å²) in [6.07, 6.45) is 4.18. The number of nitrogens with one attached hydrogen (secondary N) is 1. The Morgan fingerprint density at radius 1 is 1.11 bits per heavy atom. The van der Waals surface area contributed by atoms with Gasteiger partial charge in [-0.3, -0.25) is 9.69 Å². The van der Waals surface area contributed by atoms with E-state index in [0.717, 1.165) is 49.4 Å². The standard InChI is InChI=1S/C22H25N5O/c1-23-22(28)19-7-5-6-18(14-19)17-10-12-26(13-11-17)15-20-16-27(25-24-20)21-8-3-2-4-9-21/h2-9,14,16-17H,10-13,15H2,1H3,(H,23,28). The van der Waals surface area contributed by atoms with Crippen molar-refractivity contribution in [2.75, 3.05) is 20.1 Å². The van der Waals surface area contributed by atoms with Crippen molar-refractivity contribution in [2.24, 2.45) is 0 Å². The first-order valence-corrected chi connectivity index (χ1v) is 9.74. The number of piperidine rings is 1. The van der Waals surface area contributed by atoms with Gasteiger partial charge in [0.15, 0.2) is 0 Å². The first kappa shape index (κ1) is 18.4. The topological polar surface area (TPSA) is 63.1 Å². The molecule has 2 heterocycles. The Morgan fingerprint density at radius 2 is 1.89 bits per heavy atom. The van der Waals surface area contributed by atoms with Crippen molar-refractivity contribution >= 4 is 5.91 Å². The molecular formula is C22H25N5O. The minimum Gasteiger partial charge on any atom is -0.355 e. The third-order valence-electron chi connectivity index (χ3n) is 5.38. The first-order valence-electron chi connectivity index (χ1n) is 9.74. The van der Waals surface area contributed by atoms with E-state index in [0.29, 0.717) is 5.92 Å². The quantitative estimate of drug-likeness (QED) is 0.745. The van der Waals surface area contributed by atoms with Crippen LogP contribution < -0.4 is 5.32 Å². The van der Waals surface area contributed by atoms with Crippen LogP contribution in [0.1, 0.15) is 40.4 Å². The van der Waals surface area contributed by atoms with Crippen molar-refractivity contribution in [1.29, 1.82) is 0 Å². The van der Waals surface area contributed by atoms with Crippen LogP contribution in [0, 0.1) is 0 Å². The molecule has 6 nitrogen and oxygen atoms in total. The monoisotopic (exact) mass is 375 g/mol. The highest BCUT2D eigenvalue weighted by atomic mass is 16.1. The SMILES string of the molecule is CNC(=O)c1cccc(C2CCN(Cc3cn(-c4ccccc4)nn3)CC2)c1. The molecule has 1 saturated heterocycles. The number of hydrogen-bond donors (Lipinski definition) is 1. The molecule has 1 aliphatic rings. The van der Waals surface area contributed by atoms with Crippen LogP contribution in [0.15, 0.2) is 60.8 Å². The highest BCUT2D eigenvalue weighted by Crippen LogP contribution is 2.29. The van der Waals surface area contributed by atoms with E-state index in [9.17, 15) is 4.79 Å². The molecule has 0 radical (unpaired) electrons. The summed E-state index contributed by atoms with van der Waals surface area (Å²) >= 11 is 0. The number of rotatable bonds is 5. The Morgan fingerprint density at radius 3 is 2.64 bits per heavy atom. The Bertz CT molecular complexity index is 929. The van der Waals surface area contributed by atoms with Gasteiger partial charge in [-0.05, 0) is 61.7 Å². The maximum atomic E-state index is 11.9. The molecule has 1 aliphatic heterocycles. The molecule has 4 rings (SSSR count). The number of benzene rings is 2. The predicted octanol–water partition coefficient (Wildman–Crippen LogP) is 3.01. The van der Waals surface area contributed by atoms with Crippen molar-refractivity contribution in [3.8, 4) is 5.69 Å². The van der Waals surface area contributed by atoms with Gasteiger partial charge < -0.3 is 5.32 Å². The van der Waals surface area contributed by atoms with Gasteiger partial charge in [-0.15, -0.1) is 5.10 Å². The second kappa shape index (κ2) is 8.35. The van der Waals surface area contributed by atoms with E-state index in [-0.39, 0.29) is 5.91 Å². The molecule has 0 saturated carbocycles.